The van der Waals surface area contributed by atoms with Gasteiger partial charge in [-0.15, -0.1) is 0 Å². The highest BCUT2D eigenvalue weighted by atomic mass is 16.6. The van der Waals surface area contributed by atoms with Crippen molar-refractivity contribution >= 4 is 52.0 Å². The fraction of sp³-hybridized carbons (Fsp3) is 0.667. The van der Waals surface area contributed by atoms with Gasteiger partial charge in [0.05, 0.1) is 44.5 Å². The zero-order chi connectivity index (χ0) is 33.0. The Kier molecular flexibility index (Phi) is 13.1. The van der Waals surface area contributed by atoms with Crippen LogP contribution in [-0.4, -0.2) is 134 Å². The Balaban J connectivity index is 0.000000187. The molecule has 8 heterocycles. The number of carbonyl (C=O) groups excluding carboxylic acids is 1. The van der Waals surface area contributed by atoms with Gasteiger partial charge in [0.25, 0.3) is 0 Å². The number of hydrogen-bond donors (Lipinski definition) is 1. The van der Waals surface area contributed by atoms with Crippen LogP contribution >= 0.6 is 0 Å². The van der Waals surface area contributed by atoms with Gasteiger partial charge in [-0.05, 0) is 58.8 Å². The summed E-state index contributed by atoms with van der Waals surface area (Å²) in [6.07, 6.45) is 10.5. The van der Waals surface area contributed by atoms with Crippen LogP contribution in [0.15, 0.2) is 24.8 Å². The predicted molar refractivity (Wildman–Crippen MR) is 190 cm³/mol. The molecule has 6 fully saturated rings. The molecule has 0 radical (unpaired) electrons. The zero-order valence-corrected chi connectivity index (χ0v) is 27.3. The average Bonchev–Trinajstić information content (AvgIpc) is 3.91. The van der Waals surface area contributed by atoms with Gasteiger partial charge in [0, 0.05) is 49.0 Å². The Morgan fingerprint density at radius 1 is 0.720 bits per heavy atom. The Morgan fingerprint density at radius 3 is 1.36 bits per heavy atom. The molecule has 1 N–H and O–H groups in total. The second kappa shape index (κ2) is 17.3. The lowest BCUT2D eigenvalue weighted by Gasteiger charge is -2.30. The molecule has 268 valence electrons. The van der Waals surface area contributed by atoms with Crippen LogP contribution in [0.1, 0.15) is 58.6 Å². The summed E-state index contributed by atoms with van der Waals surface area (Å²) in [5.74, 6) is 0.413. The lowest BCUT2D eigenvalue weighted by molar-refractivity contribution is -0.149. The molecule has 6 saturated heterocycles. The van der Waals surface area contributed by atoms with Crippen LogP contribution in [0, 0.1) is 11.8 Å². The summed E-state index contributed by atoms with van der Waals surface area (Å²) in [5, 5.41) is 9.03. The van der Waals surface area contributed by atoms with Crippen molar-refractivity contribution in [2.45, 2.75) is 60.5 Å². The van der Waals surface area contributed by atoms with E-state index in [9.17, 15) is 9.59 Å². The van der Waals surface area contributed by atoms with Crippen LogP contribution in [0.5, 0.6) is 0 Å². The number of carboxylic acid groups (broad SMARTS) is 1. The first-order valence-corrected chi connectivity index (χ1v) is 16.9. The van der Waals surface area contributed by atoms with Gasteiger partial charge >= 0.3 is 40.1 Å². The molecule has 0 spiro atoms. The number of ether oxygens (including phenoxy) is 1. The third-order valence-corrected chi connectivity index (χ3v) is 9.31. The maximum Gasteiger partial charge on any atom is 0.432 e. The van der Waals surface area contributed by atoms with Gasteiger partial charge in [-0.1, -0.05) is 14.9 Å². The van der Waals surface area contributed by atoms with Crippen LogP contribution in [0.2, 0.25) is 0 Å². The normalized spacial score (nSPS) is 20.1. The third-order valence-electron chi connectivity index (χ3n) is 9.31. The zero-order valence-electron chi connectivity index (χ0n) is 27.3. The molecular weight excluding hydrogens is 644 g/mol. The maximum absolute atomic E-state index is 11.8. The van der Waals surface area contributed by atoms with Gasteiger partial charge in [0.2, 0.25) is 11.9 Å². The molecule has 0 atom stereocenters. The van der Waals surface area contributed by atoms with E-state index >= 15 is 0 Å². The van der Waals surface area contributed by atoms with Crippen molar-refractivity contribution in [3.8, 4) is 0 Å². The first-order chi connectivity index (χ1) is 23.4. The molecule has 16 nitrogen and oxygen atoms in total. The number of hydrogen-bond acceptors (Lipinski definition) is 15. The molecule has 0 aromatic carbocycles. The summed E-state index contributed by atoms with van der Waals surface area (Å²) >= 11 is 0. The number of nitrogens with zero attached hydrogens (tertiary/aromatic N) is 8. The molecule has 50 heavy (non-hydrogen) atoms. The molecule has 0 bridgehead atoms. The van der Waals surface area contributed by atoms with Crippen molar-refractivity contribution in [2.24, 2.45) is 11.8 Å². The Bertz CT molecular complexity index is 1370. The summed E-state index contributed by atoms with van der Waals surface area (Å²) in [7, 11) is 0.201. The highest BCUT2D eigenvalue weighted by molar-refractivity contribution is 6.84. The van der Waals surface area contributed by atoms with E-state index in [0.717, 1.165) is 63.2 Å². The molecule has 0 amide bonds. The molecule has 0 saturated carbocycles. The van der Waals surface area contributed by atoms with E-state index in [1.54, 1.807) is 0 Å². The second-order valence-electron chi connectivity index (χ2n) is 12.9. The minimum atomic E-state index is -0.679. The Labute approximate surface area is 296 Å². The summed E-state index contributed by atoms with van der Waals surface area (Å²) in [6.45, 7) is 10.1. The van der Waals surface area contributed by atoms with Crippen molar-refractivity contribution in [2.75, 3.05) is 68.3 Å². The van der Waals surface area contributed by atoms with E-state index in [-0.39, 0.29) is 60.9 Å². The van der Waals surface area contributed by atoms with Gasteiger partial charge < -0.3 is 37.9 Å². The smallest absolute Gasteiger partial charge is 0.432 e. The molecule has 6 aliphatic rings. The number of carboxylic acids is 1. The fourth-order valence-electron chi connectivity index (χ4n) is 6.27. The number of piperidine rings is 2. The summed E-state index contributed by atoms with van der Waals surface area (Å²) in [6, 6.07) is 0. The lowest BCUT2D eigenvalue weighted by atomic mass is 9.77. The minimum absolute atomic E-state index is 0. The fourth-order valence-corrected chi connectivity index (χ4v) is 6.27. The van der Waals surface area contributed by atoms with Crippen LogP contribution < -0.4 is 9.44 Å². The van der Waals surface area contributed by atoms with E-state index in [4.69, 9.17) is 28.5 Å². The quantitative estimate of drug-likeness (QED) is 0.179. The monoisotopic (exact) mass is 692 g/mol. The topological polar surface area (TPSA) is 178 Å². The maximum atomic E-state index is 11.8. The number of carbonyl (C=O) groups is 2. The third kappa shape index (κ3) is 10.2. The first kappa shape index (κ1) is 38.0. The van der Waals surface area contributed by atoms with Gasteiger partial charge in [-0.3, -0.25) is 19.4 Å². The van der Waals surface area contributed by atoms with E-state index in [1.165, 1.54) is 0 Å². The van der Waals surface area contributed by atoms with Crippen LogP contribution in [0.3, 0.4) is 0 Å². The number of likely N-dealkylation sites (tertiary alicyclic amines) is 2. The molecular formula is C30H48B4N8O8. The van der Waals surface area contributed by atoms with E-state index in [1.807, 2.05) is 41.2 Å². The molecule has 8 rings (SSSR count). The van der Waals surface area contributed by atoms with Gasteiger partial charge in [-0.25, -0.2) is 19.9 Å². The molecule has 2 aromatic heterocycles. The SMILES string of the molecule is C.C.CCOC(=O)C1CCN(Cc2cnc(N(B3CO3)B3CO3)nc2)CC1.O=C(O)C1CCN(Cc2cnc(N(B3CO3)B3CO3)nc2)CC1. The minimum Gasteiger partial charge on any atom is -0.481 e. The first-order valence-electron chi connectivity index (χ1n) is 16.9. The number of rotatable bonds is 13. The highest BCUT2D eigenvalue weighted by Crippen LogP contribution is 2.26. The van der Waals surface area contributed by atoms with Gasteiger partial charge in [0.1, 0.15) is 0 Å². The van der Waals surface area contributed by atoms with Crippen LogP contribution in [-0.2, 0) is 46.0 Å². The van der Waals surface area contributed by atoms with Crippen LogP contribution in [0.25, 0.3) is 0 Å². The summed E-state index contributed by atoms with van der Waals surface area (Å²) in [5.41, 5.74) is 2.11. The number of esters is 1. The number of anilines is 2. The lowest BCUT2D eigenvalue weighted by Crippen LogP contribution is -2.38. The summed E-state index contributed by atoms with van der Waals surface area (Å²) < 4.78 is 30.4. The van der Waals surface area contributed by atoms with Crippen molar-refractivity contribution in [3.05, 3.63) is 35.9 Å². The molecule has 6 aliphatic heterocycles. The Hall–Kier alpha value is -3.28. The predicted octanol–water partition coefficient (Wildman–Crippen LogP) is 1.14. The number of aromatic nitrogens is 4. The highest BCUT2D eigenvalue weighted by Gasteiger charge is 2.52. The second-order valence-corrected chi connectivity index (χ2v) is 12.9. The standard InChI is InChI=1S/C15H22B2N4O4.C13H18B2N4O4.2CH4/c1-2-23-14(22)13-3-5-20(6-4-13)9-12-7-18-15(19-8-12)21(16-10-24-16)17-11-25-17;20-12(21)11-1-3-18(4-2-11)7-10-5-16-13(17-6-10)19(14-8-22-14)15-9-23-15;;/h7-8,13H,2-6,9-11H2,1H3;5-6,11H,1-4,7-9H2,(H,20,21);2*1H4. The van der Waals surface area contributed by atoms with Gasteiger partial charge in [-0.2, -0.15) is 0 Å². The van der Waals surface area contributed by atoms with Crippen molar-refractivity contribution in [1.29, 1.82) is 0 Å². The van der Waals surface area contributed by atoms with E-state index < -0.39 is 5.97 Å². The molecule has 0 unspecified atom stereocenters. The van der Waals surface area contributed by atoms with Crippen LogP contribution in [0.4, 0.5) is 11.9 Å². The average molecular weight is 692 g/mol. The van der Waals surface area contributed by atoms with Crippen molar-refractivity contribution in [1.82, 2.24) is 29.7 Å². The van der Waals surface area contributed by atoms with E-state index in [2.05, 4.69) is 29.7 Å². The van der Waals surface area contributed by atoms with E-state index in [0.29, 0.717) is 57.4 Å². The largest absolute Gasteiger partial charge is 0.481 e. The van der Waals surface area contributed by atoms with Gasteiger partial charge in [0.15, 0.2) is 0 Å². The van der Waals surface area contributed by atoms with Crippen molar-refractivity contribution in [3.63, 3.8) is 0 Å². The molecule has 2 aromatic rings. The van der Waals surface area contributed by atoms with Crippen molar-refractivity contribution < 1.29 is 38.0 Å². The Morgan fingerprint density at radius 2 is 1.06 bits per heavy atom. The summed E-state index contributed by atoms with van der Waals surface area (Å²) in [4.78, 5) is 45.2. The molecule has 20 heteroatoms. The number of aliphatic carboxylic acids is 1. The molecule has 0 aliphatic carbocycles.